The van der Waals surface area contributed by atoms with E-state index in [0.29, 0.717) is 12.2 Å². The van der Waals surface area contributed by atoms with Gasteiger partial charge in [0, 0.05) is 11.5 Å². The van der Waals surface area contributed by atoms with E-state index < -0.39 is 11.8 Å². The molecule has 0 radical (unpaired) electrons. The van der Waals surface area contributed by atoms with Gasteiger partial charge in [-0.25, -0.2) is 0 Å². The van der Waals surface area contributed by atoms with Crippen molar-refractivity contribution in [3.63, 3.8) is 0 Å². The van der Waals surface area contributed by atoms with Crippen molar-refractivity contribution in [2.24, 2.45) is 11.8 Å². The largest absolute Gasteiger partial charge is 0.469 e. The van der Waals surface area contributed by atoms with Crippen molar-refractivity contribution in [2.45, 2.75) is 12.3 Å². The third kappa shape index (κ3) is 1.97. The molecule has 0 fully saturated rings. The summed E-state index contributed by atoms with van der Waals surface area (Å²) >= 11 is 3.53. The van der Waals surface area contributed by atoms with Crippen molar-refractivity contribution in [1.29, 1.82) is 0 Å². The Kier molecular flexibility index (Phi) is 3.38. The summed E-state index contributed by atoms with van der Waals surface area (Å²) in [6.45, 7) is 0. The summed E-state index contributed by atoms with van der Waals surface area (Å²) in [5, 5.41) is 0. The first-order valence-electron chi connectivity index (χ1n) is 6.37. The SMILES string of the molecule is COC(=O)[C@H]1CC=C(Br)[C@@H]2c3ccccc3OC(=O)[C@H]12. The van der Waals surface area contributed by atoms with Crippen LogP contribution in [0.25, 0.3) is 0 Å². The molecule has 1 aromatic rings. The summed E-state index contributed by atoms with van der Waals surface area (Å²) in [6, 6.07) is 7.42. The number of hydrogen-bond donors (Lipinski definition) is 0. The Morgan fingerprint density at radius 3 is 2.90 bits per heavy atom. The molecule has 3 rings (SSSR count). The molecule has 0 amide bonds. The van der Waals surface area contributed by atoms with E-state index >= 15 is 0 Å². The maximum Gasteiger partial charge on any atom is 0.316 e. The molecular weight excluding hydrogens is 324 g/mol. The highest BCUT2D eigenvalue weighted by Gasteiger charge is 2.48. The van der Waals surface area contributed by atoms with E-state index in [4.69, 9.17) is 9.47 Å². The quantitative estimate of drug-likeness (QED) is 0.584. The van der Waals surface area contributed by atoms with Crippen LogP contribution in [0.1, 0.15) is 17.9 Å². The van der Waals surface area contributed by atoms with E-state index in [1.165, 1.54) is 7.11 Å². The monoisotopic (exact) mass is 336 g/mol. The van der Waals surface area contributed by atoms with E-state index in [2.05, 4.69) is 15.9 Å². The summed E-state index contributed by atoms with van der Waals surface area (Å²) in [5.74, 6) is -1.37. The van der Waals surface area contributed by atoms with E-state index in [1.54, 1.807) is 6.07 Å². The van der Waals surface area contributed by atoms with Crippen molar-refractivity contribution in [3.8, 4) is 5.75 Å². The van der Waals surface area contributed by atoms with Gasteiger partial charge in [0.05, 0.1) is 18.9 Å². The Labute approximate surface area is 124 Å². The Bertz CT molecular complexity index is 608. The first kappa shape index (κ1) is 13.4. The molecule has 0 bridgehead atoms. The second-order valence-electron chi connectivity index (χ2n) is 4.92. The Hall–Kier alpha value is -1.62. The van der Waals surface area contributed by atoms with Crippen LogP contribution in [-0.4, -0.2) is 19.0 Å². The zero-order chi connectivity index (χ0) is 14.3. The summed E-state index contributed by atoms with van der Waals surface area (Å²) < 4.78 is 11.1. The molecule has 4 nitrogen and oxygen atoms in total. The summed E-state index contributed by atoms with van der Waals surface area (Å²) in [6.07, 6.45) is 2.42. The zero-order valence-electron chi connectivity index (χ0n) is 10.8. The molecule has 1 aliphatic carbocycles. The van der Waals surface area contributed by atoms with E-state index in [9.17, 15) is 9.59 Å². The molecule has 5 heteroatoms. The van der Waals surface area contributed by atoms with Gasteiger partial charge in [-0.2, -0.15) is 0 Å². The number of carbonyl (C=O) groups is 2. The number of benzene rings is 1. The standard InChI is InChI=1S/C15H13BrO4/c1-19-14(17)9-6-7-10(16)12-8-4-2-3-5-11(8)20-15(18)13(9)12/h2-5,7,9,12-13H,6H2,1H3/t9-,12-,13+/m0/s1. The van der Waals surface area contributed by atoms with Gasteiger partial charge in [0.25, 0.3) is 0 Å². The molecule has 0 N–H and O–H groups in total. The normalized spacial score (nSPS) is 27.8. The molecule has 0 unspecified atom stereocenters. The van der Waals surface area contributed by atoms with Crippen molar-refractivity contribution in [3.05, 3.63) is 40.4 Å². The fourth-order valence-electron chi connectivity index (χ4n) is 2.96. The molecule has 0 saturated carbocycles. The van der Waals surface area contributed by atoms with E-state index in [1.807, 2.05) is 24.3 Å². The van der Waals surface area contributed by atoms with Crippen LogP contribution in [0.2, 0.25) is 0 Å². The maximum atomic E-state index is 12.3. The number of methoxy groups -OCH3 is 1. The highest BCUT2D eigenvalue weighted by atomic mass is 79.9. The average molecular weight is 337 g/mol. The zero-order valence-corrected chi connectivity index (χ0v) is 12.4. The van der Waals surface area contributed by atoms with Gasteiger partial charge in [-0.3, -0.25) is 9.59 Å². The highest BCUT2D eigenvalue weighted by Crippen LogP contribution is 2.50. The van der Waals surface area contributed by atoms with E-state index in [-0.39, 0.29) is 17.9 Å². The minimum Gasteiger partial charge on any atom is -0.469 e. The lowest BCUT2D eigenvalue weighted by atomic mass is 9.71. The molecule has 0 saturated heterocycles. The molecular formula is C15H13BrO4. The highest BCUT2D eigenvalue weighted by molar-refractivity contribution is 9.11. The molecule has 20 heavy (non-hydrogen) atoms. The van der Waals surface area contributed by atoms with Crippen molar-refractivity contribution < 1.29 is 19.1 Å². The molecule has 1 aliphatic heterocycles. The fourth-order valence-corrected chi connectivity index (χ4v) is 3.68. The number of carbonyl (C=O) groups excluding carboxylic acids is 2. The molecule has 2 aliphatic rings. The van der Waals surface area contributed by atoms with Crippen LogP contribution < -0.4 is 4.74 Å². The van der Waals surface area contributed by atoms with Crippen molar-refractivity contribution in [1.82, 2.24) is 0 Å². The Morgan fingerprint density at radius 2 is 2.15 bits per heavy atom. The number of halogens is 1. The number of allylic oxidation sites excluding steroid dienone is 2. The number of hydrogen-bond acceptors (Lipinski definition) is 4. The van der Waals surface area contributed by atoms with Crippen LogP contribution >= 0.6 is 15.9 Å². The van der Waals surface area contributed by atoms with Gasteiger partial charge in [0.2, 0.25) is 0 Å². The number of ether oxygens (including phenoxy) is 2. The van der Waals surface area contributed by atoms with Crippen LogP contribution in [0.5, 0.6) is 5.75 Å². The van der Waals surface area contributed by atoms with Crippen LogP contribution in [0, 0.1) is 11.8 Å². The van der Waals surface area contributed by atoms with Crippen molar-refractivity contribution >= 4 is 27.9 Å². The number of esters is 2. The molecule has 1 heterocycles. The Balaban J connectivity index is 2.11. The van der Waals surface area contributed by atoms with Gasteiger partial charge < -0.3 is 9.47 Å². The second-order valence-corrected chi connectivity index (χ2v) is 5.83. The average Bonchev–Trinajstić information content (AvgIpc) is 2.47. The van der Waals surface area contributed by atoms with Crippen LogP contribution in [0.4, 0.5) is 0 Å². The van der Waals surface area contributed by atoms with Gasteiger partial charge in [0.15, 0.2) is 0 Å². The van der Waals surface area contributed by atoms with Gasteiger partial charge in [-0.05, 0) is 17.0 Å². The predicted octanol–water partition coefficient (Wildman–Crippen LogP) is 2.78. The molecule has 0 spiro atoms. The Morgan fingerprint density at radius 1 is 1.40 bits per heavy atom. The van der Waals surface area contributed by atoms with Gasteiger partial charge in [0.1, 0.15) is 5.75 Å². The van der Waals surface area contributed by atoms with Crippen LogP contribution in [-0.2, 0) is 14.3 Å². The minimum absolute atomic E-state index is 0.176. The van der Waals surface area contributed by atoms with Gasteiger partial charge in [-0.15, -0.1) is 0 Å². The molecule has 0 aromatic heterocycles. The maximum absolute atomic E-state index is 12.3. The number of para-hydroxylation sites is 1. The number of fused-ring (bicyclic) bond motifs is 3. The topological polar surface area (TPSA) is 52.6 Å². The lowest BCUT2D eigenvalue weighted by Crippen LogP contribution is -2.42. The second kappa shape index (κ2) is 5.05. The third-order valence-electron chi connectivity index (χ3n) is 3.90. The fraction of sp³-hybridized carbons (Fsp3) is 0.333. The lowest BCUT2D eigenvalue weighted by molar-refractivity contribution is -0.156. The minimum atomic E-state index is -0.531. The summed E-state index contributed by atoms with van der Waals surface area (Å²) in [5.41, 5.74) is 0.925. The molecule has 104 valence electrons. The van der Waals surface area contributed by atoms with Crippen molar-refractivity contribution in [2.75, 3.05) is 7.11 Å². The first-order valence-corrected chi connectivity index (χ1v) is 7.16. The first-order chi connectivity index (χ1) is 9.63. The van der Waals surface area contributed by atoms with Gasteiger partial charge in [-0.1, -0.05) is 40.2 Å². The van der Waals surface area contributed by atoms with Crippen LogP contribution in [0.15, 0.2) is 34.8 Å². The summed E-state index contributed by atoms with van der Waals surface area (Å²) in [7, 11) is 1.34. The van der Waals surface area contributed by atoms with Gasteiger partial charge >= 0.3 is 11.9 Å². The van der Waals surface area contributed by atoms with Crippen LogP contribution in [0.3, 0.4) is 0 Å². The third-order valence-corrected chi connectivity index (χ3v) is 4.71. The number of rotatable bonds is 1. The molecule has 1 aromatic carbocycles. The van der Waals surface area contributed by atoms with E-state index in [0.717, 1.165) is 10.0 Å². The molecule has 3 atom stereocenters. The lowest BCUT2D eigenvalue weighted by Gasteiger charge is -2.37. The predicted molar refractivity (Wildman–Crippen MR) is 75.4 cm³/mol. The smallest absolute Gasteiger partial charge is 0.316 e. The summed E-state index contributed by atoms with van der Waals surface area (Å²) in [4.78, 5) is 24.2.